The molecule has 2 aliphatic rings. The summed E-state index contributed by atoms with van der Waals surface area (Å²) in [5.41, 5.74) is 5.92. The fourth-order valence-corrected chi connectivity index (χ4v) is 5.21. The Morgan fingerprint density at radius 3 is 2.77 bits per heavy atom. The molecule has 9 heteroatoms. The Kier molecular flexibility index (Phi) is 5.20. The van der Waals surface area contributed by atoms with Gasteiger partial charge in [0.1, 0.15) is 5.69 Å². The number of phenols is 1. The lowest BCUT2D eigenvalue weighted by atomic mass is 9.96. The third-order valence-corrected chi connectivity index (χ3v) is 7.13. The minimum atomic E-state index is -0.638. The largest absolute Gasteiger partial charge is 0.505 e. The molecule has 0 atom stereocenters. The number of fused-ring (bicyclic) bond motifs is 2. The third kappa shape index (κ3) is 3.71. The highest BCUT2D eigenvalue weighted by Crippen LogP contribution is 2.34. The van der Waals surface area contributed by atoms with Crippen molar-refractivity contribution in [3.8, 4) is 28.4 Å². The molecule has 0 bridgehead atoms. The molecular formula is C26H27FN6O2. The van der Waals surface area contributed by atoms with Gasteiger partial charge in [-0.05, 0) is 60.2 Å². The summed E-state index contributed by atoms with van der Waals surface area (Å²) >= 11 is 0. The SMILES string of the molecule is CCc1cc(O)c(F)cc1-c1ccc2c(-c3nc4c([nH]3)CN(C(=O)N3CCCC3)CC4)n[nH]c2c1. The van der Waals surface area contributed by atoms with Crippen LogP contribution in [0.25, 0.3) is 33.5 Å². The van der Waals surface area contributed by atoms with Crippen molar-refractivity contribution in [3.05, 3.63) is 53.1 Å². The van der Waals surface area contributed by atoms with Crippen molar-refractivity contribution in [2.24, 2.45) is 0 Å². The van der Waals surface area contributed by atoms with Gasteiger partial charge in [0.25, 0.3) is 0 Å². The van der Waals surface area contributed by atoms with E-state index in [0.29, 0.717) is 37.4 Å². The van der Waals surface area contributed by atoms with Crippen molar-refractivity contribution in [2.45, 2.75) is 39.2 Å². The van der Waals surface area contributed by atoms with Gasteiger partial charge in [0.2, 0.25) is 0 Å². The topological polar surface area (TPSA) is 101 Å². The molecule has 0 aliphatic carbocycles. The number of nitrogens with one attached hydrogen (secondary N) is 2. The lowest BCUT2D eigenvalue weighted by Gasteiger charge is -2.30. The second-order valence-corrected chi connectivity index (χ2v) is 9.31. The molecule has 1 saturated heterocycles. The molecule has 4 heterocycles. The number of aromatic nitrogens is 4. The zero-order valence-electron chi connectivity index (χ0n) is 19.6. The van der Waals surface area contributed by atoms with E-state index in [4.69, 9.17) is 4.98 Å². The van der Waals surface area contributed by atoms with Crippen molar-refractivity contribution in [2.75, 3.05) is 19.6 Å². The molecule has 2 aliphatic heterocycles. The average Bonchev–Trinajstić information content (AvgIpc) is 3.63. The first-order valence-electron chi connectivity index (χ1n) is 12.1. The lowest BCUT2D eigenvalue weighted by Crippen LogP contribution is -2.44. The maximum Gasteiger partial charge on any atom is 0.320 e. The van der Waals surface area contributed by atoms with Crippen LogP contribution in [0.15, 0.2) is 30.3 Å². The maximum atomic E-state index is 14.1. The van der Waals surface area contributed by atoms with Crippen LogP contribution in [0.5, 0.6) is 5.75 Å². The van der Waals surface area contributed by atoms with Crippen LogP contribution < -0.4 is 0 Å². The third-order valence-electron chi connectivity index (χ3n) is 7.13. The van der Waals surface area contributed by atoms with Crippen LogP contribution >= 0.6 is 0 Å². The van der Waals surface area contributed by atoms with Gasteiger partial charge in [0.15, 0.2) is 17.4 Å². The molecule has 0 unspecified atom stereocenters. The number of aromatic hydroxyl groups is 1. The first-order valence-corrected chi connectivity index (χ1v) is 12.1. The van der Waals surface area contributed by atoms with Crippen molar-refractivity contribution < 1.29 is 14.3 Å². The number of carbonyl (C=O) groups is 1. The number of urea groups is 1. The Bertz CT molecular complexity index is 1440. The standard InChI is InChI=1S/C26H27FN6O2/c1-2-15-12-23(34)19(27)13-18(15)16-5-6-17-21(11-16)30-31-24(17)25-28-20-7-10-33(14-22(20)29-25)26(35)32-8-3-4-9-32/h5-6,11-13,34H,2-4,7-10,14H2,1H3,(H,28,29)(H,30,31). The maximum absolute atomic E-state index is 14.1. The summed E-state index contributed by atoms with van der Waals surface area (Å²) in [6.45, 7) is 4.85. The molecule has 2 amide bonds. The molecule has 0 radical (unpaired) electrons. The molecule has 1 fully saturated rings. The number of benzene rings is 2. The highest BCUT2D eigenvalue weighted by molar-refractivity contribution is 5.94. The lowest BCUT2D eigenvalue weighted by molar-refractivity contribution is 0.156. The molecule has 3 N–H and O–H groups in total. The summed E-state index contributed by atoms with van der Waals surface area (Å²) < 4.78 is 14.1. The van der Waals surface area contributed by atoms with E-state index >= 15 is 0 Å². The van der Waals surface area contributed by atoms with Crippen LogP contribution in [-0.2, 0) is 19.4 Å². The van der Waals surface area contributed by atoms with Crippen LogP contribution in [0.4, 0.5) is 9.18 Å². The van der Waals surface area contributed by atoms with Gasteiger partial charge >= 0.3 is 6.03 Å². The van der Waals surface area contributed by atoms with Gasteiger partial charge in [0, 0.05) is 31.4 Å². The second-order valence-electron chi connectivity index (χ2n) is 9.31. The quantitative estimate of drug-likeness (QED) is 0.404. The molecule has 2 aromatic heterocycles. The molecule has 6 rings (SSSR count). The van der Waals surface area contributed by atoms with E-state index in [1.165, 1.54) is 12.1 Å². The predicted molar refractivity (Wildman–Crippen MR) is 130 cm³/mol. The number of aromatic amines is 2. The molecule has 0 spiro atoms. The molecule has 2 aromatic carbocycles. The fraction of sp³-hybridized carbons (Fsp3) is 0.346. The molecule has 35 heavy (non-hydrogen) atoms. The number of hydrogen-bond donors (Lipinski definition) is 3. The predicted octanol–water partition coefficient (Wildman–Crippen LogP) is 4.60. The van der Waals surface area contributed by atoms with Crippen molar-refractivity contribution in [1.82, 2.24) is 30.0 Å². The smallest absolute Gasteiger partial charge is 0.320 e. The Hall–Kier alpha value is -3.88. The van der Waals surface area contributed by atoms with E-state index in [2.05, 4.69) is 15.2 Å². The van der Waals surface area contributed by atoms with Gasteiger partial charge in [-0.15, -0.1) is 0 Å². The highest BCUT2D eigenvalue weighted by Gasteiger charge is 2.29. The molecule has 0 saturated carbocycles. The normalized spacial score (nSPS) is 15.7. The average molecular weight is 475 g/mol. The zero-order valence-corrected chi connectivity index (χ0v) is 19.6. The number of halogens is 1. The van der Waals surface area contributed by atoms with Crippen molar-refractivity contribution in [3.63, 3.8) is 0 Å². The number of likely N-dealkylation sites (tertiary alicyclic amines) is 1. The number of amides is 2. The minimum Gasteiger partial charge on any atom is -0.505 e. The summed E-state index contributed by atoms with van der Waals surface area (Å²) in [5, 5.41) is 18.2. The second kappa shape index (κ2) is 8.41. The van der Waals surface area contributed by atoms with Gasteiger partial charge in [-0.2, -0.15) is 5.10 Å². The molecule has 8 nitrogen and oxygen atoms in total. The minimum absolute atomic E-state index is 0.110. The van der Waals surface area contributed by atoms with Crippen LogP contribution in [0.1, 0.15) is 36.7 Å². The summed E-state index contributed by atoms with van der Waals surface area (Å²) in [6, 6.07) is 8.81. The van der Waals surface area contributed by atoms with E-state index in [-0.39, 0.29) is 11.8 Å². The summed E-state index contributed by atoms with van der Waals surface area (Å²) in [4.78, 5) is 24.8. The van der Waals surface area contributed by atoms with E-state index in [1.54, 1.807) is 0 Å². The number of nitrogens with zero attached hydrogens (tertiary/aromatic N) is 4. The number of rotatable bonds is 3. The number of imidazole rings is 1. The molecular weight excluding hydrogens is 447 g/mol. The van der Waals surface area contributed by atoms with Crippen LogP contribution in [-0.4, -0.2) is 60.7 Å². The van der Waals surface area contributed by atoms with Gasteiger partial charge in [-0.3, -0.25) is 5.10 Å². The fourth-order valence-electron chi connectivity index (χ4n) is 5.21. The van der Waals surface area contributed by atoms with E-state index in [9.17, 15) is 14.3 Å². The van der Waals surface area contributed by atoms with Crippen molar-refractivity contribution in [1.29, 1.82) is 0 Å². The molecule has 180 valence electrons. The monoisotopic (exact) mass is 474 g/mol. The first kappa shape index (κ1) is 21.6. The van der Waals surface area contributed by atoms with Crippen LogP contribution in [0, 0.1) is 5.82 Å². The van der Waals surface area contributed by atoms with E-state index < -0.39 is 5.82 Å². The molecule has 4 aromatic rings. The van der Waals surface area contributed by atoms with Crippen LogP contribution in [0.3, 0.4) is 0 Å². The Morgan fingerprint density at radius 2 is 1.97 bits per heavy atom. The zero-order chi connectivity index (χ0) is 24.1. The van der Waals surface area contributed by atoms with E-state index in [1.807, 2.05) is 34.9 Å². The first-order chi connectivity index (χ1) is 17.0. The number of aryl methyl sites for hydroxylation is 1. The Labute approximate surface area is 201 Å². The van der Waals surface area contributed by atoms with Gasteiger partial charge in [0.05, 0.1) is 23.4 Å². The number of phenolic OH excluding ortho intramolecular Hbond substituents is 1. The Balaban J connectivity index is 1.30. The number of hydrogen-bond acceptors (Lipinski definition) is 4. The van der Waals surface area contributed by atoms with Crippen molar-refractivity contribution >= 4 is 16.9 Å². The summed E-state index contributed by atoms with van der Waals surface area (Å²) in [6.07, 6.45) is 3.54. The Morgan fingerprint density at radius 1 is 1.14 bits per heavy atom. The van der Waals surface area contributed by atoms with E-state index in [0.717, 1.165) is 64.9 Å². The van der Waals surface area contributed by atoms with Crippen LogP contribution in [0.2, 0.25) is 0 Å². The number of H-pyrrole nitrogens is 2. The van der Waals surface area contributed by atoms with Gasteiger partial charge < -0.3 is 19.9 Å². The summed E-state index contributed by atoms with van der Waals surface area (Å²) in [7, 11) is 0. The van der Waals surface area contributed by atoms with Gasteiger partial charge in [-0.25, -0.2) is 14.2 Å². The number of carbonyl (C=O) groups excluding carboxylic acids is 1. The van der Waals surface area contributed by atoms with Gasteiger partial charge in [-0.1, -0.05) is 13.0 Å². The summed E-state index contributed by atoms with van der Waals surface area (Å²) in [5.74, 6) is -0.298. The highest BCUT2D eigenvalue weighted by atomic mass is 19.1.